The molecule has 0 spiro atoms. The average Bonchev–Trinajstić information content (AvgIpc) is 2.26. The smallest absolute Gasteiger partial charge is 0.213 e. The van der Waals surface area contributed by atoms with Gasteiger partial charge in [-0.3, -0.25) is 0 Å². The van der Waals surface area contributed by atoms with Crippen LogP contribution >= 0.6 is 0 Å². The van der Waals surface area contributed by atoms with E-state index in [1.165, 1.54) is 0 Å². The van der Waals surface area contributed by atoms with Crippen LogP contribution in [-0.2, 0) is 19.9 Å². The first-order valence-electron chi connectivity index (χ1n) is 3.87. The summed E-state index contributed by atoms with van der Waals surface area (Å²) in [5.74, 6) is -7.65. The fourth-order valence-electron chi connectivity index (χ4n) is 0.701. The zero-order valence-electron chi connectivity index (χ0n) is 8.73. The van der Waals surface area contributed by atoms with E-state index in [9.17, 15) is 60.8 Å². The maximum atomic E-state index is 12.7. The van der Waals surface area contributed by atoms with Gasteiger partial charge in [0.05, 0.1) is 0 Å². The normalized spacial score (nSPS) is 16.1. The van der Waals surface area contributed by atoms with Crippen molar-refractivity contribution in [2.24, 2.45) is 0 Å². The Kier molecular flexibility index (Phi) is 4.64. The SMILES string of the molecule is O=S(=O)(NF)C(F)(F)C(F)(F)C(F)(F)S(=O)(=O)C(F)(F)F. The van der Waals surface area contributed by atoms with Crippen LogP contribution in [0, 0.1) is 0 Å². The van der Waals surface area contributed by atoms with Gasteiger partial charge in [-0.25, -0.2) is 16.8 Å². The summed E-state index contributed by atoms with van der Waals surface area (Å²) in [4.78, 5) is -1.02. The van der Waals surface area contributed by atoms with E-state index in [1.54, 1.807) is 0 Å². The lowest BCUT2D eigenvalue weighted by Gasteiger charge is -2.31. The third-order valence-corrected chi connectivity index (χ3v) is 4.49. The molecule has 0 fully saturated rings. The molecule has 0 atom stereocenters. The van der Waals surface area contributed by atoms with E-state index in [0.29, 0.717) is 0 Å². The molecule has 0 amide bonds. The average molecular weight is 381 g/mol. The summed E-state index contributed by atoms with van der Waals surface area (Å²) in [6, 6.07) is 0. The molecule has 0 unspecified atom stereocenters. The molecule has 0 rings (SSSR count). The van der Waals surface area contributed by atoms with Gasteiger partial charge in [0.2, 0.25) is 0 Å². The van der Waals surface area contributed by atoms with Crippen molar-refractivity contribution < 1.29 is 60.8 Å². The summed E-state index contributed by atoms with van der Waals surface area (Å²) in [7, 11) is -15.5. The highest BCUT2D eigenvalue weighted by Gasteiger charge is 2.85. The second-order valence-corrected chi connectivity index (χ2v) is 6.79. The van der Waals surface area contributed by atoms with Crippen LogP contribution in [0.3, 0.4) is 0 Å². The monoisotopic (exact) mass is 381 g/mol. The van der Waals surface area contributed by atoms with Crippen LogP contribution in [0.15, 0.2) is 0 Å². The predicted octanol–water partition coefficient (Wildman–Crippen LogP) is 1.55. The summed E-state index contributed by atoms with van der Waals surface area (Å²) in [6.45, 7) is 0. The predicted molar refractivity (Wildman–Crippen MR) is 43.0 cm³/mol. The minimum absolute atomic E-state index is 1.02. The highest BCUT2D eigenvalue weighted by Crippen LogP contribution is 2.53. The third-order valence-electron chi connectivity index (χ3n) is 1.81. The second kappa shape index (κ2) is 4.83. The fraction of sp³-hybridized carbons (Fsp3) is 1.00. The van der Waals surface area contributed by atoms with Crippen LogP contribution < -0.4 is 4.94 Å². The highest BCUT2D eigenvalue weighted by atomic mass is 32.2. The van der Waals surface area contributed by atoms with Gasteiger partial charge >= 0.3 is 41.8 Å². The van der Waals surface area contributed by atoms with Crippen LogP contribution in [-0.4, -0.2) is 38.8 Å². The van der Waals surface area contributed by atoms with E-state index in [1.807, 2.05) is 0 Å². The molecule has 17 heteroatoms. The molecule has 128 valence electrons. The molecule has 0 aromatic rings. The van der Waals surface area contributed by atoms with Crippen molar-refractivity contribution in [1.82, 2.24) is 4.94 Å². The number of alkyl halides is 9. The lowest BCUT2D eigenvalue weighted by molar-refractivity contribution is -0.247. The number of rotatable bonds is 5. The van der Waals surface area contributed by atoms with Gasteiger partial charge in [0, 0.05) is 0 Å². The van der Waals surface area contributed by atoms with Gasteiger partial charge < -0.3 is 0 Å². The number of halogens is 10. The summed E-state index contributed by atoms with van der Waals surface area (Å²) in [5, 5.41) is -14.8. The number of hydrogen-bond donors (Lipinski definition) is 1. The molecule has 0 heterocycles. The maximum absolute atomic E-state index is 12.7. The number of sulfone groups is 1. The molecule has 21 heavy (non-hydrogen) atoms. The number of hydrogen-bond acceptors (Lipinski definition) is 4. The molecule has 0 aliphatic rings. The van der Waals surface area contributed by atoms with Crippen molar-refractivity contribution in [3.63, 3.8) is 0 Å². The standard InChI is InChI=1S/C4HF10NO4S2/c5-1(6,3(9,10)21(18,19)15-14)2(7,8)20(16,17)4(11,12)13/h15H. The first-order valence-corrected chi connectivity index (χ1v) is 6.84. The van der Waals surface area contributed by atoms with Crippen molar-refractivity contribution >= 4 is 19.9 Å². The summed E-state index contributed by atoms with van der Waals surface area (Å²) in [6.07, 6.45) is 0. The molecule has 5 nitrogen and oxygen atoms in total. The van der Waals surface area contributed by atoms with Gasteiger partial charge in [-0.1, -0.05) is 0 Å². The van der Waals surface area contributed by atoms with Crippen LogP contribution in [0.25, 0.3) is 0 Å². The topological polar surface area (TPSA) is 80.3 Å². The molecule has 0 saturated heterocycles. The summed E-state index contributed by atoms with van der Waals surface area (Å²) < 4.78 is 163. The van der Waals surface area contributed by atoms with E-state index in [0.717, 1.165) is 0 Å². The molecule has 0 radical (unpaired) electrons. The highest BCUT2D eigenvalue weighted by molar-refractivity contribution is 7.93. The van der Waals surface area contributed by atoms with Crippen LogP contribution in [0.1, 0.15) is 0 Å². The minimum Gasteiger partial charge on any atom is -0.213 e. The number of nitrogens with one attached hydrogen (secondary N) is 1. The molecular formula is C4HF10NO4S2. The van der Waals surface area contributed by atoms with Gasteiger partial charge in [-0.05, 0) is 4.94 Å². The van der Waals surface area contributed by atoms with Crippen molar-refractivity contribution in [3.8, 4) is 0 Å². The Morgan fingerprint density at radius 2 is 1.00 bits per heavy atom. The Morgan fingerprint density at radius 1 is 0.667 bits per heavy atom. The lowest BCUT2D eigenvalue weighted by atomic mass is 10.3. The Hall–Kier alpha value is -0.840. The lowest BCUT2D eigenvalue weighted by Crippen LogP contribution is -2.63. The molecule has 0 aliphatic carbocycles. The Morgan fingerprint density at radius 3 is 1.24 bits per heavy atom. The first-order chi connectivity index (χ1) is 8.81. The largest absolute Gasteiger partial charge is 0.503 e. The van der Waals surface area contributed by atoms with Gasteiger partial charge in [0.25, 0.3) is 0 Å². The minimum atomic E-state index is -8.26. The van der Waals surface area contributed by atoms with Crippen molar-refractivity contribution in [3.05, 3.63) is 0 Å². The Bertz CT molecular complexity index is 603. The van der Waals surface area contributed by atoms with Crippen molar-refractivity contribution in [2.45, 2.75) is 21.9 Å². The summed E-state index contributed by atoms with van der Waals surface area (Å²) in [5.41, 5.74) is -7.12. The van der Waals surface area contributed by atoms with Crippen molar-refractivity contribution in [1.29, 1.82) is 0 Å². The van der Waals surface area contributed by atoms with Crippen LogP contribution in [0.2, 0.25) is 0 Å². The fourth-order valence-corrected chi connectivity index (χ4v) is 2.08. The van der Waals surface area contributed by atoms with Gasteiger partial charge in [-0.2, -0.15) is 39.5 Å². The molecule has 1 N–H and O–H groups in total. The zero-order chi connectivity index (χ0) is 17.7. The third kappa shape index (κ3) is 2.54. The molecule has 0 bridgehead atoms. The van der Waals surface area contributed by atoms with Gasteiger partial charge in [-0.15, -0.1) is 4.48 Å². The van der Waals surface area contributed by atoms with E-state index in [2.05, 4.69) is 0 Å². The second-order valence-electron chi connectivity index (χ2n) is 3.14. The van der Waals surface area contributed by atoms with E-state index < -0.39 is 46.7 Å². The van der Waals surface area contributed by atoms with Crippen LogP contribution in [0.5, 0.6) is 0 Å². The first kappa shape index (κ1) is 20.2. The molecule has 0 aliphatic heterocycles. The molecular weight excluding hydrogens is 380 g/mol. The molecule has 0 aromatic heterocycles. The zero-order valence-corrected chi connectivity index (χ0v) is 10.4. The van der Waals surface area contributed by atoms with E-state index in [4.69, 9.17) is 0 Å². The Balaban J connectivity index is 6.42. The Labute approximate surface area is 108 Å². The van der Waals surface area contributed by atoms with Crippen molar-refractivity contribution in [2.75, 3.05) is 0 Å². The van der Waals surface area contributed by atoms with E-state index >= 15 is 0 Å². The maximum Gasteiger partial charge on any atom is 0.503 e. The van der Waals surface area contributed by atoms with E-state index in [-0.39, 0.29) is 0 Å². The molecule has 0 saturated carbocycles. The number of sulfonamides is 1. The van der Waals surface area contributed by atoms with Crippen LogP contribution in [0.4, 0.5) is 44.0 Å². The van der Waals surface area contributed by atoms with Gasteiger partial charge in [0.1, 0.15) is 0 Å². The molecule has 0 aromatic carbocycles. The summed E-state index contributed by atoms with van der Waals surface area (Å²) >= 11 is 0. The quantitative estimate of drug-likeness (QED) is 0.579. The van der Waals surface area contributed by atoms with Gasteiger partial charge in [0.15, 0.2) is 0 Å².